The standard InChI is InChI=1S/C64H48BN5O.Pt/c1-64(2,3)48-40-53(46-22-8-5-9-23-46)63(54(41-48)47-38-36-45(37-39-47)44-20-6-4-7-21-44)68-43-67(57-30-14-15-31-58(57)68)49-24-18-25-50(42-49)71-62-35-19-34-61(66-62)70-60-33-17-16-32-59(60)69-56-29-13-11-27-52(56)51-26-10-12-28-55(51)65(69)70;/h4-42H,1-3H3;. The molecule has 6 nitrogen and oxygen atoms in total. The van der Waals surface area contributed by atoms with Gasteiger partial charge >= 0.3 is 350 Å². The third kappa shape index (κ3) is 7.38. The topological polar surface area (TPSA) is 38.5 Å². The van der Waals surface area contributed by atoms with Gasteiger partial charge in [-0.3, -0.25) is 0 Å². The van der Waals surface area contributed by atoms with Crippen molar-refractivity contribution >= 4 is 46.4 Å². The number of nitrogens with zero attached hydrogens (tertiary/aromatic N) is 5. The molecule has 2 aromatic heterocycles. The normalized spacial score (nSPS) is 12.7. The first-order chi connectivity index (χ1) is 35.3. The predicted molar refractivity (Wildman–Crippen MR) is 293 cm³/mol. The molecule has 0 aliphatic carbocycles. The Morgan fingerprint density at radius 1 is 0.444 bits per heavy atom. The van der Waals surface area contributed by atoms with Crippen LogP contribution in [0.2, 0.25) is 0 Å². The first kappa shape index (κ1) is 43.7. The Morgan fingerprint density at radius 2 is 0.986 bits per heavy atom. The van der Waals surface area contributed by atoms with Gasteiger partial charge in [-0.1, -0.05) is 54.6 Å². The van der Waals surface area contributed by atoms with Crippen LogP contribution in [0.5, 0.6) is 11.6 Å². The summed E-state index contributed by atoms with van der Waals surface area (Å²) in [6.07, 6.45) is 0. The number of fused-ring (bicyclic) bond motifs is 9. The molecular formula is C64H48BN5OPt. The number of hydrogen-bond donors (Lipinski definition) is 0. The Bertz CT molecular complexity index is 3940. The second kappa shape index (κ2) is 17.6. The van der Waals surface area contributed by atoms with E-state index in [0.29, 0.717) is 11.6 Å². The summed E-state index contributed by atoms with van der Waals surface area (Å²) in [6.45, 7) is 6.78. The van der Waals surface area contributed by atoms with Crippen LogP contribution in [0.15, 0.2) is 237 Å². The van der Waals surface area contributed by atoms with Gasteiger partial charge in [0.2, 0.25) is 0 Å². The van der Waals surface area contributed by atoms with Crippen LogP contribution in [0.25, 0.3) is 66.9 Å². The van der Waals surface area contributed by atoms with Crippen LogP contribution in [-0.2, 0) is 24.8 Å². The Balaban J connectivity index is 0.923. The maximum atomic E-state index is 6.80. The van der Waals surface area contributed by atoms with Gasteiger partial charge in [0, 0.05) is 11.3 Å². The van der Waals surface area contributed by atoms with Gasteiger partial charge in [-0.05, 0) is 17.7 Å². The van der Waals surface area contributed by atoms with Gasteiger partial charge in [0.05, 0.1) is 0 Å². The van der Waals surface area contributed by atoms with Gasteiger partial charge in [-0.2, -0.15) is 0 Å². The Kier molecular flexibility index (Phi) is 10.7. The van der Waals surface area contributed by atoms with Gasteiger partial charge in [-0.25, -0.2) is 0 Å². The molecule has 2 aliphatic rings. The van der Waals surface area contributed by atoms with Crippen molar-refractivity contribution in [2.75, 3.05) is 9.62 Å². The SMILES string of the molecule is CC(C)(C)c1cc(-c2ccccc2)c(-n2[c](=[Pt])n(-c3cccc(Oc4cccc(N5B6c7ccccc7-c7ccccc7N6c6ccccc65)n4)c3)c3ccccc32)c(-c2ccc(-c3ccccc3)cc2)c1. The van der Waals surface area contributed by atoms with Gasteiger partial charge in [0.25, 0.3) is 0 Å². The van der Waals surface area contributed by atoms with E-state index in [1.807, 2.05) is 18.2 Å². The van der Waals surface area contributed by atoms with Crippen molar-refractivity contribution in [1.29, 1.82) is 0 Å². The van der Waals surface area contributed by atoms with Crippen LogP contribution in [0.1, 0.15) is 26.3 Å². The molecule has 0 fully saturated rings. The Labute approximate surface area is 431 Å². The number of anilines is 4. The summed E-state index contributed by atoms with van der Waals surface area (Å²) in [5, 5.41) is 0. The number of hydrogen-bond acceptors (Lipinski definition) is 4. The molecule has 348 valence electrons. The van der Waals surface area contributed by atoms with E-state index in [2.05, 4.69) is 277 Å². The second-order valence-electron chi connectivity index (χ2n) is 19.5. The van der Waals surface area contributed by atoms with E-state index in [4.69, 9.17) is 9.72 Å². The molecule has 9 aromatic carbocycles. The van der Waals surface area contributed by atoms with Crippen LogP contribution in [-0.4, -0.2) is 21.1 Å². The first-order valence-corrected chi connectivity index (χ1v) is 25.6. The molecule has 0 saturated heterocycles. The summed E-state index contributed by atoms with van der Waals surface area (Å²) in [5.74, 6) is 2.01. The molecule has 8 heteroatoms. The van der Waals surface area contributed by atoms with E-state index in [1.54, 1.807) is 0 Å². The summed E-state index contributed by atoms with van der Waals surface area (Å²) in [6, 6.07) is 84.6. The molecule has 0 N–H and O–H groups in total. The minimum atomic E-state index is -0.128. The number of ether oxygens (including phenoxy) is 1. The van der Waals surface area contributed by atoms with E-state index in [-0.39, 0.29) is 12.4 Å². The number of rotatable bonds is 8. The molecule has 0 bridgehead atoms. The number of benzene rings is 9. The van der Waals surface area contributed by atoms with E-state index in [1.165, 1.54) is 50.1 Å². The van der Waals surface area contributed by atoms with E-state index >= 15 is 0 Å². The third-order valence-electron chi connectivity index (χ3n) is 14.1. The molecule has 11 aromatic rings. The molecule has 13 rings (SSSR count). The predicted octanol–water partition coefficient (Wildman–Crippen LogP) is 15.7. The van der Waals surface area contributed by atoms with Crippen LogP contribution in [0.4, 0.5) is 22.9 Å². The summed E-state index contributed by atoms with van der Waals surface area (Å²) < 4.78 is 12.6. The molecule has 0 spiro atoms. The molecule has 0 saturated carbocycles. The van der Waals surface area contributed by atoms with Crippen molar-refractivity contribution < 1.29 is 24.1 Å². The Morgan fingerprint density at radius 3 is 1.69 bits per heavy atom. The quantitative estimate of drug-likeness (QED) is 0.142. The van der Waals surface area contributed by atoms with Crippen molar-refractivity contribution in [3.8, 4) is 67.5 Å². The fourth-order valence-corrected chi connectivity index (χ4v) is 11.8. The summed E-state index contributed by atoms with van der Waals surface area (Å²) in [7, 11) is 0. The molecule has 72 heavy (non-hydrogen) atoms. The van der Waals surface area contributed by atoms with Crippen molar-refractivity contribution in [1.82, 2.24) is 14.1 Å². The number of imidazole rings is 1. The second-order valence-corrected chi connectivity index (χ2v) is 20.5. The molecular weight excluding hydrogens is 1060 g/mol. The van der Waals surface area contributed by atoms with E-state index < -0.39 is 0 Å². The monoisotopic (exact) mass is 1110 g/mol. The zero-order valence-corrected chi connectivity index (χ0v) is 42.3. The van der Waals surface area contributed by atoms with Crippen LogP contribution in [0, 0.1) is 3.80 Å². The van der Waals surface area contributed by atoms with Crippen molar-refractivity contribution in [2.45, 2.75) is 26.2 Å². The maximum absolute atomic E-state index is 6.80. The van der Waals surface area contributed by atoms with Crippen LogP contribution in [0.3, 0.4) is 0 Å². The van der Waals surface area contributed by atoms with Gasteiger partial charge < -0.3 is 0 Å². The van der Waals surface area contributed by atoms with Crippen LogP contribution < -0.4 is 19.8 Å². The van der Waals surface area contributed by atoms with E-state index in [9.17, 15) is 0 Å². The van der Waals surface area contributed by atoms with Crippen molar-refractivity contribution in [2.24, 2.45) is 0 Å². The van der Waals surface area contributed by atoms with Gasteiger partial charge in [0.15, 0.2) is 0 Å². The number of aromatic nitrogens is 3. The molecule has 2 aliphatic heterocycles. The first-order valence-electron chi connectivity index (χ1n) is 24.5. The van der Waals surface area contributed by atoms with Gasteiger partial charge in [-0.15, -0.1) is 0 Å². The molecule has 0 unspecified atom stereocenters. The average Bonchev–Trinajstić information content (AvgIpc) is 3.93. The fourth-order valence-electron chi connectivity index (χ4n) is 10.7. The van der Waals surface area contributed by atoms with Gasteiger partial charge in [0.1, 0.15) is 0 Å². The zero-order chi connectivity index (χ0) is 48.5. The summed E-state index contributed by atoms with van der Waals surface area (Å²) >= 11 is 2.53. The average molecular weight is 1110 g/mol. The minimum absolute atomic E-state index is 0.103. The molecule has 4 heterocycles. The summed E-state index contributed by atoms with van der Waals surface area (Å²) in [5.41, 5.74) is 19.6. The summed E-state index contributed by atoms with van der Waals surface area (Å²) in [4.78, 5) is 10.1. The molecule has 0 amide bonds. The number of para-hydroxylation sites is 5. The van der Waals surface area contributed by atoms with Crippen LogP contribution >= 0.6 is 0 Å². The van der Waals surface area contributed by atoms with E-state index in [0.717, 1.165) is 54.5 Å². The number of pyridine rings is 1. The Hall–Kier alpha value is -8.25. The zero-order valence-electron chi connectivity index (χ0n) is 40.1. The fraction of sp³-hybridized carbons (Fsp3) is 0.0625. The molecule has 0 atom stereocenters. The molecule has 0 radical (unpaired) electrons. The third-order valence-corrected chi connectivity index (χ3v) is 15.1. The van der Waals surface area contributed by atoms with Crippen molar-refractivity contribution in [3.05, 3.63) is 246 Å². The van der Waals surface area contributed by atoms with Crippen molar-refractivity contribution in [3.63, 3.8) is 0 Å².